The Labute approximate surface area is 150 Å². The molecule has 0 spiro atoms. The second-order valence-electron chi connectivity index (χ2n) is 7.66. The van der Waals surface area contributed by atoms with E-state index in [-0.39, 0.29) is 18.3 Å². The van der Waals surface area contributed by atoms with Crippen molar-refractivity contribution in [2.75, 3.05) is 6.54 Å². The first-order valence-corrected chi connectivity index (χ1v) is 8.98. The second-order valence-corrected chi connectivity index (χ2v) is 7.66. The van der Waals surface area contributed by atoms with Gasteiger partial charge in [-0.25, -0.2) is 4.98 Å². The SMILES string of the molecule is CC1(C)OB(c2ccc(CNCCCn3ccnc3)cc2)OC1(C)C. The van der Waals surface area contributed by atoms with Crippen LogP contribution in [0.3, 0.4) is 0 Å². The van der Waals surface area contributed by atoms with E-state index in [1.165, 1.54) is 5.56 Å². The van der Waals surface area contributed by atoms with Gasteiger partial charge in [-0.3, -0.25) is 0 Å². The Balaban J connectivity index is 1.45. The molecule has 1 aromatic heterocycles. The number of hydrogen-bond donors (Lipinski definition) is 1. The van der Waals surface area contributed by atoms with Gasteiger partial charge in [0.15, 0.2) is 0 Å². The maximum Gasteiger partial charge on any atom is 0.494 e. The number of imidazole rings is 1. The van der Waals surface area contributed by atoms with Crippen LogP contribution in [0.25, 0.3) is 0 Å². The number of rotatable bonds is 7. The summed E-state index contributed by atoms with van der Waals surface area (Å²) in [6, 6.07) is 8.49. The van der Waals surface area contributed by atoms with Crippen LogP contribution in [0, 0.1) is 0 Å². The molecule has 0 radical (unpaired) electrons. The highest BCUT2D eigenvalue weighted by molar-refractivity contribution is 6.62. The maximum atomic E-state index is 6.09. The summed E-state index contributed by atoms with van der Waals surface area (Å²) in [5.41, 5.74) is 1.74. The maximum absolute atomic E-state index is 6.09. The molecular formula is C19H28BN3O2. The third kappa shape index (κ3) is 4.32. The van der Waals surface area contributed by atoms with Crippen LogP contribution in [0.4, 0.5) is 0 Å². The van der Waals surface area contributed by atoms with Gasteiger partial charge in [0.1, 0.15) is 0 Å². The molecule has 0 amide bonds. The van der Waals surface area contributed by atoms with Crippen molar-refractivity contribution in [3.05, 3.63) is 48.5 Å². The molecule has 2 aromatic rings. The van der Waals surface area contributed by atoms with Gasteiger partial charge in [0.25, 0.3) is 0 Å². The largest absolute Gasteiger partial charge is 0.494 e. The quantitative estimate of drug-likeness (QED) is 0.620. The summed E-state index contributed by atoms with van der Waals surface area (Å²) in [4.78, 5) is 4.05. The van der Waals surface area contributed by atoms with E-state index >= 15 is 0 Å². The molecule has 134 valence electrons. The van der Waals surface area contributed by atoms with E-state index in [0.29, 0.717) is 0 Å². The van der Waals surface area contributed by atoms with Crippen molar-refractivity contribution in [1.82, 2.24) is 14.9 Å². The normalized spacial score (nSPS) is 18.6. The van der Waals surface area contributed by atoms with Crippen molar-refractivity contribution in [3.63, 3.8) is 0 Å². The van der Waals surface area contributed by atoms with Gasteiger partial charge < -0.3 is 19.2 Å². The summed E-state index contributed by atoms with van der Waals surface area (Å²) in [7, 11) is -0.290. The summed E-state index contributed by atoms with van der Waals surface area (Å²) in [6.45, 7) is 11.2. The molecule has 1 N–H and O–H groups in total. The molecule has 0 atom stereocenters. The second kappa shape index (κ2) is 7.32. The van der Waals surface area contributed by atoms with Crippen LogP contribution in [-0.2, 0) is 22.4 Å². The van der Waals surface area contributed by atoms with E-state index in [1.54, 1.807) is 0 Å². The average molecular weight is 341 g/mol. The van der Waals surface area contributed by atoms with Crippen LogP contribution in [0.5, 0.6) is 0 Å². The highest BCUT2D eigenvalue weighted by Crippen LogP contribution is 2.36. The molecule has 1 fully saturated rings. The molecule has 2 heterocycles. The van der Waals surface area contributed by atoms with Crippen LogP contribution < -0.4 is 10.8 Å². The van der Waals surface area contributed by atoms with Gasteiger partial charge in [-0.05, 0) is 51.7 Å². The van der Waals surface area contributed by atoms with Crippen LogP contribution >= 0.6 is 0 Å². The highest BCUT2D eigenvalue weighted by Gasteiger charge is 2.51. The topological polar surface area (TPSA) is 48.3 Å². The summed E-state index contributed by atoms with van der Waals surface area (Å²) in [6.07, 6.45) is 6.75. The molecule has 0 saturated carbocycles. The van der Waals surface area contributed by atoms with Crippen molar-refractivity contribution in [3.8, 4) is 0 Å². The number of hydrogen-bond acceptors (Lipinski definition) is 4. The molecule has 1 aliphatic heterocycles. The number of aromatic nitrogens is 2. The predicted octanol–water partition coefficient (Wildman–Crippen LogP) is 2.36. The first kappa shape index (κ1) is 18.2. The fourth-order valence-electron chi connectivity index (χ4n) is 2.81. The van der Waals surface area contributed by atoms with E-state index in [0.717, 1.165) is 31.5 Å². The fourth-order valence-corrected chi connectivity index (χ4v) is 2.81. The number of nitrogens with zero attached hydrogens (tertiary/aromatic N) is 2. The molecule has 3 rings (SSSR count). The van der Waals surface area contributed by atoms with Gasteiger partial charge in [-0.1, -0.05) is 24.3 Å². The van der Waals surface area contributed by atoms with E-state index in [1.807, 2.05) is 18.7 Å². The zero-order chi connectivity index (χ0) is 17.9. The lowest BCUT2D eigenvalue weighted by Crippen LogP contribution is -2.41. The molecule has 0 aliphatic carbocycles. The molecule has 0 unspecified atom stereocenters. The molecular weight excluding hydrogens is 313 g/mol. The van der Waals surface area contributed by atoms with Gasteiger partial charge in [-0.15, -0.1) is 0 Å². The monoisotopic (exact) mass is 341 g/mol. The first-order chi connectivity index (χ1) is 11.9. The third-order valence-electron chi connectivity index (χ3n) is 5.16. The average Bonchev–Trinajstić information content (AvgIpc) is 3.14. The van der Waals surface area contributed by atoms with Crippen LogP contribution in [-0.4, -0.2) is 34.4 Å². The Hall–Kier alpha value is -1.63. The number of nitrogens with one attached hydrogen (secondary N) is 1. The van der Waals surface area contributed by atoms with Crippen LogP contribution in [0.2, 0.25) is 0 Å². The lowest BCUT2D eigenvalue weighted by Gasteiger charge is -2.32. The Morgan fingerprint density at radius 2 is 1.76 bits per heavy atom. The van der Waals surface area contributed by atoms with Gasteiger partial charge in [0.2, 0.25) is 0 Å². The predicted molar refractivity (Wildman–Crippen MR) is 101 cm³/mol. The fraction of sp³-hybridized carbons (Fsp3) is 0.526. The summed E-state index contributed by atoms with van der Waals surface area (Å²) in [5, 5.41) is 3.48. The van der Waals surface area contributed by atoms with Gasteiger partial charge >= 0.3 is 7.12 Å². The minimum absolute atomic E-state index is 0.290. The zero-order valence-electron chi connectivity index (χ0n) is 15.7. The Bertz CT molecular complexity index is 652. The van der Waals surface area contributed by atoms with E-state index in [9.17, 15) is 0 Å². The van der Waals surface area contributed by atoms with Crippen molar-refractivity contribution >= 4 is 12.6 Å². The van der Waals surface area contributed by atoms with Crippen LogP contribution in [0.1, 0.15) is 39.7 Å². The minimum atomic E-state index is -0.298. The van der Waals surface area contributed by atoms with Gasteiger partial charge in [-0.2, -0.15) is 0 Å². The van der Waals surface area contributed by atoms with E-state index in [4.69, 9.17) is 9.31 Å². The lowest BCUT2D eigenvalue weighted by atomic mass is 9.79. The van der Waals surface area contributed by atoms with Crippen molar-refractivity contribution in [2.24, 2.45) is 0 Å². The van der Waals surface area contributed by atoms with E-state index in [2.05, 4.69) is 66.8 Å². The van der Waals surface area contributed by atoms with Gasteiger partial charge in [0, 0.05) is 25.5 Å². The molecule has 25 heavy (non-hydrogen) atoms. The zero-order valence-corrected chi connectivity index (χ0v) is 15.7. The molecule has 6 heteroatoms. The molecule has 1 saturated heterocycles. The minimum Gasteiger partial charge on any atom is -0.399 e. The summed E-state index contributed by atoms with van der Waals surface area (Å²) in [5.74, 6) is 0. The smallest absolute Gasteiger partial charge is 0.399 e. The van der Waals surface area contributed by atoms with Crippen LogP contribution in [0.15, 0.2) is 43.0 Å². The third-order valence-corrected chi connectivity index (χ3v) is 5.16. The highest BCUT2D eigenvalue weighted by atomic mass is 16.7. The summed E-state index contributed by atoms with van der Waals surface area (Å²) < 4.78 is 14.3. The number of aryl methyl sites for hydroxylation is 1. The Morgan fingerprint density at radius 1 is 1.08 bits per heavy atom. The molecule has 0 bridgehead atoms. The van der Waals surface area contributed by atoms with Crippen molar-refractivity contribution in [2.45, 2.75) is 58.4 Å². The lowest BCUT2D eigenvalue weighted by molar-refractivity contribution is 0.00578. The standard InChI is InChI=1S/C19H28BN3O2/c1-18(2)19(3,4)25-20(24-18)17-8-6-16(7-9-17)14-21-10-5-12-23-13-11-22-15-23/h6-9,11,13,15,21H,5,10,12,14H2,1-4H3. The molecule has 5 nitrogen and oxygen atoms in total. The van der Waals surface area contributed by atoms with Gasteiger partial charge in [0.05, 0.1) is 17.5 Å². The molecule has 1 aliphatic rings. The summed E-state index contributed by atoms with van der Waals surface area (Å²) >= 11 is 0. The van der Waals surface area contributed by atoms with Crippen molar-refractivity contribution < 1.29 is 9.31 Å². The number of benzene rings is 1. The Morgan fingerprint density at radius 3 is 2.36 bits per heavy atom. The first-order valence-electron chi connectivity index (χ1n) is 8.98. The van der Waals surface area contributed by atoms with Crippen molar-refractivity contribution in [1.29, 1.82) is 0 Å². The molecule has 1 aromatic carbocycles. The van der Waals surface area contributed by atoms with E-state index < -0.39 is 0 Å². The Kier molecular flexibility index (Phi) is 5.32.